The molecule has 6 nitrogen and oxygen atoms in total. The van der Waals surface area contributed by atoms with Gasteiger partial charge in [-0.25, -0.2) is 4.98 Å². The van der Waals surface area contributed by atoms with E-state index < -0.39 is 0 Å². The molecule has 3 aliphatic rings. The lowest BCUT2D eigenvalue weighted by Crippen LogP contribution is -2.49. The molecule has 2 fully saturated rings. The quantitative estimate of drug-likeness (QED) is 0.626. The Bertz CT molecular complexity index is 1010. The van der Waals surface area contributed by atoms with E-state index in [0.717, 1.165) is 88.1 Å². The summed E-state index contributed by atoms with van der Waals surface area (Å²) in [7, 11) is 0. The summed E-state index contributed by atoms with van der Waals surface area (Å²) in [4.78, 5) is 24.0. The van der Waals surface area contributed by atoms with Crippen molar-refractivity contribution in [3.8, 4) is 0 Å². The summed E-state index contributed by atoms with van der Waals surface area (Å²) in [6, 6.07) is 11.2. The van der Waals surface area contributed by atoms with Gasteiger partial charge in [-0.1, -0.05) is 37.3 Å². The molecule has 0 radical (unpaired) electrons. The zero-order valence-electron chi connectivity index (χ0n) is 20.9. The summed E-state index contributed by atoms with van der Waals surface area (Å²) >= 11 is 0. The maximum Gasteiger partial charge on any atom is 0.257 e. The van der Waals surface area contributed by atoms with Crippen molar-refractivity contribution in [2.24, 2.45) is 5.92 Å². The van der Waals surface area contributed by atoms with Gasteiger partial charge in [-0.05, 0) is 70.0 Å². The fourth-order valence-electron chi connectivity index (χ4n) is 6.32. The lowest BCUT2D eigenvalue weighted by molar-refractivity contribution is -0.00475. The highest BCUT2D eigenvalue weighted by Gasteiger charge is 2.33. The average molecular weight is 465 g/mol. The van der Waals surface area contributed by atoms with Gasteiger partial charge >= 0.3 is 0 Å². The number of benzene rings is 1. The summed E-state index contributed by atoms with van der Waals surface area (Å²) in [5.74, 6) is 1.71. The molecule has 1 aromatic carbocycles. The van der Waals surface area contributed by atoms with Gasteiger partial charge in [-0.15, -0.1) is 0 Å². The summed E-state index contributed by atoms with van der Waals surface area (Å²) in [6.45, 7) is 11.3. The number of aromatic nitrogens is 2. The number of nitrogens with zero attached hydrogens (tertiary/aromatic N) is 4. The molecular formula is C28H40N4O2. The second-order valence-electron chi connectivity index (χ2n) is 10.3. The topological polar surface area (TPSA) is 50.6 Å². The van der Waals surface area contributed by atoms with Gasteiger partial charge < -0.3 is 4.74 Å². The first-order valence-corrected chi connectivity index (χ1v) is 13.4. The lowest BCUT2D eigenvalue weighted by atomic mass is 9.88. The Morgan fingerprint density at radius 2 is 1.76 bits per heavy atom. The van der Waals surface area contributed by atoms with E-state index in [1.807, 2.05) is 10.6 Å². The maximum absolute atomic E-state index is 13.6. The van der Waals surface area contributed by atoms with Gasteiger partial charge in [0.05, 0.1) is 31.5 Å². The Morgan fingerprint density at radius 3 is 2.47 bits per heavy atom. The number of likely N-dealkylation sites (tertiary alicyclic amines) is 1. The molecule has 0 bridgehead atoms. The van der Waals surface area contributed by atoms with Crippen LogP contribution in [0.25, 0.3) is 0 Å². The van der Waals surface area contributed by atoms with Crippen molar-refractivity contribution in [1.82, 2.24) is 19.4 Å². The van der Waals surface area contributed by atoms with Crippen LogP contribution in [0.2, 0.25) is 0 Å². The molecule has 2 saturated heterocycles. The average Bonchev–Trinajstić information content (AvgIpc) is 3.37. The zero-order chi connectivity index (χ0) is 23.5. The van der Waals surface area contributed by atoms with Crippen molar-refractivity contribution < 1.29 is 4.74 Å². The number of aryl methyl sites for hydroxylation is 1. The molecule has 5 rings (SSSR count). The van der Waals surface area contributed by atoms with Crippen LogP contribution in [0.3, 0.4) is 0 Å². The van der Waals surface area contributed by atoms with E-state index in [4.69, 9.17) is 9.72 Å². The van der Waals surface area contributed by atoms with E-state index in [2.05, 4.69) is 47.9 Å². The maximum atomic E-state index is 13.6. The highest BCUT2D eigenvalue weighted by atomic mass is 16.5. The van der Waals surface area contributed by atoms with E-state index in [1.165, 1.54) is 18.4 Å². The Labute approximate surface area is 203 Å². The first-order valence-electron chi connectivity index (χ1n) is 13.4. The van der Waals surface area contributed by atoms with E-state index in [0.29, 0.717) is 12.6 Å². The van der Waals surface area contributed by atoms with Crippen molar-refractivity contribution >= 4 is 0 Å². The first-order chi connectivity index (χ1) is 16.7. The van der Waals surface area contributed by atoms with E-state index in [-0.39, 0.29) is 11.6 Å². The third-order valence-corrected chi connectivity index (χ3v) is 8.41. The van der Waals surface area contributed by atoms with Crippen LogP contribution < -0.4 is 5.56 Å². The second kappa shape index (κ2) is 10.7. The highest BCUT2D eigenvalue weighted by molar-refractivity contribution is 5.26. The van der Waals surface area contributed by atoms with Crippen molar-refractivity contribution in [2.75, 3.05) is 39.4 Å². The molecule has 184 valence electrons. The first kappa shape index (κ1) is 23.7. The molecule has 2 aliphatic heterocycles. The van der Waals surface area contributed by atoms with Crippen molar-refractivity contribution in [1.29, 1.82) is 0 Å². The number of morpholine rings is 1. The van der Waals surface area contributed by atoms with E-state index in [1.54, 1.807) is 0 Å². The molecule has 0 spiro atoms. The highest BCUT2D eigenvalue weighted by Crippen LogP contribution is 2.32. The van der Waals surface area contributed by atoms with Gasteiger partial charge in [0.2, 0.25) is 0 Å². The van der Waals surface area contributed by atoms with Crippen LogP contribution in [-0.4, -0.2) is 64.8 Å². The van der Waals surface area contributed by atoms with Crippen LogP contribution in [0.1, 0.15) is 68.2 Å². The third-order valence-electron chi connectivity index (χ3n) is 8.41. The molecule has 2 aromatic rings. The number of fused-ring (bicyclic) bond motifs is 1. The summed E-state index contributed by atoms with van der Waals surface area (Å²) in [5.41, 5.74) is 3.36. The fraction of sp³-hybridized carbons (Fsp3) is 0.643. The van der Waals surface area contributed by atoms with Crippen LogP contribution in [0.4, 0.5) is 0 Å². The number of hydrogen-bond donors (Lipinski definition) is 0. The Hall–Kier alpha value is -2.02. The monoisotopic (exact) mass is 464 g/mol. The Kier molecular flexibility index (Phi) is 7.47. The fourth-order valence-corrected chi connectivity index (χ4v) is 6.32. The molecule has 34 heavy (non-hydrogen) atoms. The molecular weight excluding hydrogens is 424 g/mol. The van der Waals surface area contributed by atoms with Gasteiger partial charge in [0.15, 0.2) is 0 Å². The molecule has 6 heteroatoms. The summed E-state index contributed by atoms with van der Waals surface area (Å²) in [5, 5.41) is 0. The normalized spacial score (nSPS) is 21.9. The minimum atomic E-state index is 0.190. The molecule has 0 amide bonds. The van der Waals surface area contributed by atoms with E-state index >= 15 is 0 Å². The van der Waals surface area contributed by atoms with Crippen LogP contribution >= 0.6 is 0 Å². The predicted molar refractivity (Wildman–Crippen MR) is 135 cm³/mol. The van der Waals surface area contributed by atoms with Gasteiger partial charge in [0, 0.05) is 24.7 Å². The molecule has 1 aliphatic carbocycles. The van der Waals surface area contributed by atoms with Crippen LogP contribution in [0, 0.1) is 5.92 Å². The van der Waals surface area contributed by atoms with E-state index in [9.17, 15) is 4.79 Å². The van der Waals surface area contributed by atoms with Gasteiger partial charge in [-0.2, -0.15) is 0 Å². The van der Waals surface area contributed by atoms with Crippen molar-refractivity contribution in [2.45, 2.75) is 71.0 Å². The second-order valence-corrected chi connectivity index (χ2v) is 10.3. The van der Waals surface area contributed by atoms with Crippen LogP contribution in [0.5, 0.6) is 0 Å². The minimum absolute atomic E-state index is 0.190. The molecule has 2 atom stereocenters. The minimum Gasteiger partial charge on any atom is -0.379 e. The Morgan fingerprint density at radius 1 is 1.03 bits per heavy atom. The molecule has 2 unspecified atom stereocenters. The van der Waals surface area contributed by atoms with Gasteiger partial charge in [0.25, 0.3) is 5.56 Å². The third kappa shape index (κ3) is 4.86. The van der Waals surface area contributed by atoms with Crippen LogP contribution in [0.15, 0.2) is 35.1 Å². The van der Waals surface area contributed by atoms with Crippen LogP contribution in [-0.2, 0) is 24.1 Å². The molecule has 0 saturated carbocycles. The molecule has 3 heterocycles. The number of hydrogen-bond acceptors (Lipinski definition) is 5. The standard InChI is InChI=1S/C28H40N4O2/c1-3-26(31-14-12-23(13-15-31)21(2)30-16-18-34-19-17-30)27-29-25-11-7-10-24(25)28(33)32(27)20-22-8-5-4-6-9-22/h4-6,8-9,21,23,26H,3,7,10-20H2,1-2H3. The van der Waals surface area contributed by atoms with Gasteiger partial charge in [-0.3, -0.25) is 19.2 Å². The summed E-state index contributed by atoms with van der Waals surface area (Å²) in [6.07, 6.45) is 6.26. The predicted octanol–water partition coefficient (Wildman–Crippen LogP) is 3.66. The largest absolute Gasteiger partial charge is 0.379 e. The smallest absolute Gasteiger partial charge is 0.257 e. The molecule has 0 N–H and O–H groups in total. The molecule has 1 aromatic heterocycles. The SMILES string of the molecule is CCC(c1nc2c(c(=O)n1Cc1ccccc1)CCC2)N1CCC(C(C)N2CCOCC2)CC1. The number of piperidine rings is 1. The number of ether oxygens (including phenoxy) is 1. The van der Waals surface area contributed by atoms with Gasteiger partial charge in [0.1, 0.15) is 5.82 Å². The van der Waals surface area contributed by atoms with Crippen molar-refractivity contribution in [3.63, 3.8) is 0 Å². The lowest BCUT2D eigenvalue weighted by Gasteiger charge is -2.43. The van der Waals surface area contributed by atoms with Crippen molar-refractivity contribution in [3.05, 3.63) is 63.3 Å². The number of rotatable bonds is 7. The summed E-state index contributed by atoms with van der Waals surface area (Å²) < 4.78 is 7.56. The zero-order valence-corrected chi connectivity index (χ0v) is 20.9. The Balaban J connectivity index is 1.37.